The van der Waals surface area contributed by atoms with Gasteiger partial charge in [-0.2, -0.15) is 11.3 Å². The first-order chi connectivity index (χ1) is 10.9. The summed E-state index contributed by atoms with van der Waals surface area (Å²) in [5.74, 6) is 1.47. The second kappa shape index (κ2) is 13.0. The van der Waals surface area contributed by atoms with Crippen LogP contribution in [0.4, 0.5) is 0 Å². The molecule has 2 rings (SSSR count). The number of hydrogen-bond acceptors (Lipinski definition) is 4. The number of hydrogen-bond donors (Lipinski definition) is 2. The van der Waals surface area contributed by atoms with Crippen LogP contribution in [0.25, 0.3) is 0 Å². The molecule has 1 unspecified atom stereocenters. The lowest BCUT2D eigenvalue weighted by Gasteiger charge is -2.12. The van der Waals surface area contributed by atoms with Crippen molar-refractivity contribution in [3.63, 3.8) is 0 Å². The zero-order valence-electron chi connectivity index (χ0n) is 13.8. The van der Waals surface area contributed by atoms with Crippen molar-refractivity contribution in [3.05, 3.63) is 22.4 Å². The molecule has 5 nitrogen and oxygen atoms in total. The molecule has 1 aromatic heterocycles. The fourth-order valence-electron chi connectivity index (χ4n) is 2.24. The van der Waals surface area contributed by atoms with E-state index in [9.17, 15) is 0 Å². The smallest absolute Gasteiger partial charge is 0.191 e. The maximum absolute atomic E-state index is 5.70. The van der Waals surface area contributed by atoms with Crippen molar-refractivity contribution < 1.29 is 9.47 Å². The molecule has 23 heavy (non-hydrogen) atoms. The Kier molecular flexibility index (Phi) is 11.7. The van der Waals surface area contributed by atoms with Crippen LogP contribution in [0.15, 0.2) is 21.8 Å². The first-order valence-corrected chi connectivity index (χ1v) is 9.01. The highest BCUT2D eigenvalue weighted by atomic mass is 127. The van der Waals surface area contributed by atoms with Gasteiger partial charge in [0, 0.05) is 32.2 Å². The van der Waals surface area contributed by atoms with Gasteiger partial charge in [0.1, 0.15) is 0 Å². The van der Waals surface area contributed by atoms with E-state index < -0.39 is 0 Å². The fourth-order valence-corrected chi connectivity index (χ4v) is 2.90. The average Bonchev–Trinajstić information content (AvgIpc) is 3.21. The van der Waals surface area contributed by atoms with E-state index in [0.29, 0.717) is 5.92 Å². The number of nitrogens with zero attached hydrogens (tertiary/aromatic N) is 1. The molecular weight excluding hydrogens is 425 g/mol. The van der Waals surface area contributed by atoms with Crippen LogP contribution < -0.4 is 10.6 Å². The molecule has 0 aromatic carbocycles. The summed E-state index contributed by atoms with van der Waals surface area (Å²) in [5, 5.41) is 10.8. The highest BCUT2D eigenvalue weighted by Gasteiger charge is 2.15. The standard InChI is InChI=1S/C16H27N3O2S.HI/c1-2-17-16(19-10-14-5-9-22-13-14)18-6-3-7-20-11-15-4-8-21-12-15;/h5,9,13,15H,2-4,6-8,10-12H2,1H3,(H2,17,18,19);1H. The molecule has 7 heteroatoms. The van der Waals surface area contributed by atoms with Crippen LogP contribution in [0.5, 0.6) is 0 Å². The van der Waals surface area contributed by atoms with E-state index in [1.54, 1.807) is 11.3 Å². The van der Waals surface area contributed by atoms with Crippen LogP contribution in [0.1, 0.15) is 25.3 Å². The van der Waals surface area contributed by atoms with Crippen LogP contribution in [0.2, 0.25) is 0 Å². The maximum Gasteiger partial charge on any atom is 0.191 e. The molecule has 1 aromatic rings. The van der Waals surface area contributed by atoms with E-state index in [4.69, 9.17) is 9.47 Å². The van der Waals surface area contributed by atoms with Gasteiger partial charge in [0.25, 0.3) is 0 Å². The van der Waals surface area contributed by atoms with Gasteiger partial charge in [0.15, 0.2) is 5.96 Å². The quantitative estimate of drug-likeness (QED) is 0.261. The number of halogens is 1. The summed E-state index contributed by atoms with van der Waals surface area (Å²) in [6.45, 7) is 7.90. The van der Waals surface area contributed by atoms with Gasteiger partial charge in [-0.25, -0.2) is 4.99 Å². The van der Waals surface area contributed by atoms with E-state index >= 15 is 0 Å². The summed E-state index contributed by atoms with van der Waals surface area (Å²) in [6, 6.07) is 2.11. The molecule has 0 saturated carbocycles. The molecule has 2 heterocycles. The minimum atomic E-state index is 0. The lowest BCUT2D eigenvalue weighted by molar-refractivity contribution is 0.0888. The summed E-state index contributed by atoms with van der Waals surface area (Å²) in [5.41, 5.74) is 1.25. The highest BCUT2D eigenvalue weighted by Crippen LogP contribution is 2.12. The third kappa shape index (κ3) is 8.88. The van der Waals surface area contributed by atoms with Crippen LogP contribution in [-0.2, 0) is 16.0 Å². The van der Waals surface area contributed by atoms with E-state index in [2.05, 4.69) is 39.4 Å². The van der Waals surface area contributed by atoms with Crippen LogP contribution >= 0.6 is 35.3 Å². The zero-order chi connectivity index (χ0) is 15.5. The van der Waals surface area contributed by atoms with Crippen LogP contribution in [0, 0.1) is 5.92 Å². The Hall–Kier alpha value is -0.380. The van der Waals surface area contributed by atoms with Gasteiger partial charge in [0.2, 0.25) is 0 Å². The van der Waals surface area contributed by atoms with Crippen molar-refractivity contribution in [2.24, 2.45) is 10.9 Å². The summed E-state index contributed by atoms with van der Waals surface area (Å²) in [4.78, 5) is 4.58. The van der Waals surface area contributed by atoms with Crippen molar-refractivity contribution in [1.29, 1.82) is 0 Å². The Morgan fingerprint density at radius 1 is 1.48 bits per heavy atom. The molecule has 132 valence electrons. The monoisotopic (exact) mass is 453 g/mol. The Bertz CT molecular complexity index is 423. The molecule has 0 spiro atoms. The molecule has 1 saturated heterocycles. The highest BCUT2D eigenvalue weighted by molar-refractivity contribution is 14.0. The largest absolute Gasteiger partial charge is 0.381 e. The summed E-state index contributed by atoms with van der Waals surface area (Å²) < 4.78 is 11.0. The number of guanidine groups is 1. The minimum absolute atomic E-state index is 0. The van der Waals surface area contributed by atoms with Gasteiger partial charge in [0.05, 0.1) is 19.8 Å². The van der Waals surface area contributed by atoms with Crippen molar-refractivity contribution in [1.82, 2.24) is 10.6 Å². The second-order valence-electron chi connectivity index (χ2n) is 5.41. The van der Waals surface area contributed by atoms with E-state index in [0.717, 1.165) is 64.9 Å². The molecular formula is C16H28IN3O2S. The number of ether oxygens (including phenoxy) is 2. The molecule has 1 atom stereocenters. The lowest BCUT2D eigenvalue weighted by Crippen LogP contribution is -2.38. The Morgan fingerprint density at radius 3 is 3.09 bits per heavy atom. The number of aliphatic imine (C=N–C) groups is 1. The number of nitrogens with one attached hydrogen (secondary N) is 2. The minimum Gasteiger partial charge on any atom is -0.381 e. The summed E-state index contributed by atoms with van der Waals surface area (Å²) in [6.07, 6.45) is 2.12. The van der Waals surface area contributed by atoms with Crippen molar-refractivity contribution in [3.8, 4) is 0 Å². The Balaban J connectivity index is 0.00000264. The SMILES string of the molecule is CCNC(=NCc1ccsc1)NCCCOCC1CCOC1.I. The molecule has 0 amide bonds. The molecule has 1 aliphatic heterocycles. The van der Waals surface area contributed by atoms with Crippen molar-refractivity contribution in [2.75, 3.05) is 39.5 Å². The lowest BCUT2D eigenvalue weighted by atomic mass is 10.1. The predicted octanol–water partition coefficient (Wildman–Crippen LogP) is 2.86. The van der Waals surface area contributed by atoms with Crippen LogP contribution in [-0.4, -0.2) is 45.5 Å². The van der Waals surface area contributed by atoms with Gasteiger partial charge in [-0.15, -0.1) is 24.0 Å². The van der Waals surface area contributed by atoms with Gasteiger partial charge in [-0.1, -0.05) is 0 Å². The Labute approximate surface area is 160 Å². The van der Waals surface area contributed by atoms with Gasteiger partial charge in [-0.3, -0.25) is 0 Å². The average molecular weight is 453 g/mol. The molecule has 2 N–H and O–H groups in total. The third-order valence-corrected chi connectivity index (χ3v) is 4.21. The molecule has 0 radical (unpaired) electrons. The first-order valence-electron chi connectivity index (χ1n) is 8.07. The topological polar surface area (TPSA) is 54.9 Å². The molecule has 1 fully saturated rings. The first kappa shape index (κ1) is 20.7. The molecule has 1 aliphatic rings. The van der Waals surface area contributed by atoms with Crippen molar-refractivity contribution >= 4 is 41.3 Å². The number of thiophene rings is 1. The summed E-state index contributed by atoms with van der Waals surface area (Å²) >= 11 is 1.71. The van der Waals surface area contributed by atoms with E-state index in [1.165, 1.54) is 5.56 Å². The van der Waals surface area contributed by atoms with Gasteiger partial charge >= 0.3 is 0 Å². The van der Waals surface area contributed by atoms with Crippen LogP contribution in [0.3, 0.4) is 0 Å². The van der Waals surface area contributed by atoms with E-state index in [-0.39, 0.29) is 24.0 Å². The van der Waals surface area contributed by atoms with Gasteiger partial charge < -0.3 is 20.1 Å². The second-order valence-corrected chi connectivity index (χ2v) is 6.19. The fraction of sp³-hybridized carbons (Fsp3) is 0.688. The van der Waals surface area contributed by atoms with E-state index in [1.807, 2.05) is 0 Å². The summed E-state index contributed by atoms with van der Waals surface area (Å²) in [7, 11) is 0. The van der Waals surface area contributed by atoms with Crippen molar-refractivity contribution in [2.45, 2.75) is 26.3 Å². The predicted molar refractivity (Wildman–Crippen MR) is 107 cm³/mol. The molecule has 0 aliphatic carbocycles. The van der Waals surface area contributed by atoms with Gasteiger partial charge in [-0.05, 0) is 42.2 Å². The normalized spacial score (nSPS) is 17.8. The maximum atomic E-state index is 5.70. The third-order valence-electron chi connectivity index (χ3n) is 3.48. The number of rotatable bonds is 9. The zero-order valence-corrected chi connectivity index (χ0v) is 16.9. The molecule has 0 bridgehead atoms. The Morgan fingerprint density at radius 2 is 2.39 bits per heavy atom.